The lowest BCUT2D eigenvalue weighted by molar-refractivity contribution is -0.111. The molecule has 0 aliphatic carbocycles. The van der Waals surface area contributed by atoms with Gasteiger partial charge < -0.3 is 29.0 Å². The number of hydrogen-bond donors (Lipinski definition) is 1. The van der Waals surface area contributed by atoms with Gasteiger partial charge in [-0.25, -0.2) is 0 Å². The van der Waals surface area contributed by atoms with Crippen LogP contribution in [-0.2, 0) is 4.79 Å². The van der Waals surface area contributed by atoms with Crippen LogP contribution in [0.15, 0.2) is 36.4 Å². The fraction of sp³-hybridized carbons (Fsp3) is 0.238. The number of benzene rings is 2. The van der Waals surface area contributed by atoms with Crippen molar-refractivity contribution in [2.45, 2.75) is 0 Å². The van der Waals surface area contributed by atoms with Crippen molar-refractivity contribution >= 4 is 17.7 Å². The minimum absolute atomic E-state index is 0.0806. The molecule has 1 amide bonds. The third-order valence-electron chi connectivity index (χ3n) is 3.84. The lowest BCUT2D eigenvalue weighted by atomic mass is 10.2. The maximum Gasteiger partial charge on any atom is 0.248 e. The lowest BCUT2D eigenvalue weighted by Gasteiger charge is -2.14. The first-order valence-corrected chi connectivity index (χ1v) is 8.53. The fourth-order valence-electron chi connectivity index (χ4n) is 2.53. The van der Waals surface area contributed by atoms with Crippen LogP contribution < -0.4 is 29.0 Å². The molecule has 8 heteroatoms. The molecule has 0 radical (unpaired) electrons. The van der Waals surface area contributed by atoms with E-state index in [4.69, 9.17) is 28.9 Å². The van der Waals surface area contributed by atoms with Crippen molar-refractivity contribution < 1.29 is 28.5 Å². The Bertz CT molecular complexity index is 908. The van der Waals surface area contributed by atoms with Crippen molar-refractivity contribution in [1.82, 2.24) is 0 Å². The maximum atomic E-state index is 12.3. The second-order valence-electron chi connectivity index (χ2n) is 5.59. The van der Waals surface area contributed by atoms with E-state index in [9.17, 15) is 4.79 Å². The zero-order valence-corrected chi connectivity index (χ0v) is 16.6. The number of hydrogen-bond acceptors (Lipinski definition) is 7. The Morgan fingerprint density at radius 3 is 2.17 bits per heavy atom. The van der Waals surface area contributed by atoms with Crippen LogP contribution in [0.2, 0.25) is 0 Å². The average molecular weight is 398 g/mol. The van der Waals surface area contributed by atoms with Gasteiger partial charge in [0, 0.05) is 23.9 Å². The van der Waals surface area contributed by atoms with Crippen LogP contribution in [0.1, 0.15) is 5.56 Å². The summed E-state index contributed by atoms with van der Waals surface area (Å²) in [6.45, 7) is -0.0806. The summed E-state index contributed by atoms with van der Waals surface area (Å²) in [4.78, 5) is 12.3. The van der Waals surface area contributed by atoms with Crippen LogP contribution in [0.3, 0.4) is 0 Å². The van der Waals surface area contributed by atoms with E-state index >= 15 is 0 Å². The molecular weight excluding hydrogens is 376 g/mol. The Hall–Kier alpha value is -3.86. The number of amides is 1. The number of methoxy groups -OCH3 is 4. The molecule has 0 saturated heterocycles. The van der Waals surface area contributed by atoms with Gasteiger partial charge in [-0.05, 0) is 23.8 Å². The predicted molar refractivity (Wildman–Crippen MR) is 108 cm³/mol. The standard InChI is InChI=1S/C21H22N2O6/c1-25-17-11-14(5-7-16(17)29-10-9-22)6-8-20(24)23-15-12-18(26-2)21(28-4)19(13-15)27-3/h5-8,11-13H,10H2,1-4H3,(H,23,24)/b8-6+. The van der Waals surface area contributed by atoms with Crippen molar-refractivity contribution in [2.24, 2.45) is 0 Å². The van der Waals surface area contributed by atoms with Crippen LogP contribution in [0, 0.1) is 11.3 Å². The van der Waals surface area contributed by atoms with Crippen molar-refractivity contribution in [3.8, 4) is 34.8 Å². The molecule has 2 aromatic rings. The molecule has 0 aromatic heterocycles. The van der Waals surface area contributed by atoms with Crippen molar-refractivity contribution in [1.29, 1.82) is 5.26 Å². The molecule has 8 nitrogen and oxygen atoms in total. The summed E-state index contributed by atoms with van der Waals surface area (Å²) in [5.74, 6) is 1.88. The van der Waals surface area contributed by atoms with E-state index in [0.29, 0.717) is 34.4 Å². The Morgan fingerprint density at radius 2 is 1.62 bits per heavy atom. The van der Waals surface area contributed by atoms with Gasteiger partial charge in [-0.15, -0.1) is 0 Å². The van der Waals surface area contributed by atoms with Crippen LogP contribution in [0.4, 0.5) is 5.69 Å². The van der Waals surface area contributed by atoms with Crippen LogP contribution in [0.25, 0.3) is 6.08 Å². The van der Waals surface area contributed by atoms with Crippen LogP contribution in [0.5, 0.6) is 28.7 Å². The van der Waals surface area contributed by atoms with Gasteiger partial charge in [0.15, 0.2) is 29.6 Å². The second kappa shape index (κ2) is 10.5. The zero-order chi connectivity index (χ0) is 21.2. The Labute approximate surface area is 169 Å². The lowest BCUT2D eigenvalue weighted by Crippen LogP contribution is -2.08. The van der Waals surface area contributed by atoms with Crippen molar-refractivity contribution in [3.63, 3.8) is 0 Å². The smallest absolute Gasteiger partial charge is 0.248 e. The normalized spacial score (nSPS) is 10.2. The number of nitrogens with one attached hydrogen (secondary N) is 1. The van der Waals surface area contributed by atoms with E-state index in [-0.39, 0.29) is 12.5 Å². The topological polar surface area (TPSA) is 99.0 Å². The second-order valence-corrected chi connectivity index (χ2v) is 5.59. The minimum atomic E-state index is -0.344. The first-order valence-electron chi connectivity index (χ1n) is 8.53. The van der Waals surface area contributed by atoms with Crippen molar-refractivity contribution in [2.75, 3.05) is 40.4 Å². The van der Waals surface area contributed by atoms with Crippen LogP contribution in [-0.4, -0.2) is 41.0 Å². The van der Waals surface area contributed by atoms with Crippen molar-refractivity contribution in [3.05, 3.63) is 42.0 Å². The number of rotatable bonds is 9. The Balaban J connectivity index is 2.15. The summed E-state index contributed by atoms with van der Waals surface area (Å²) in [5, 5.41) is 11.4. The molecule has 0 unspecified atom stereocenters. The van der Waals surface area contributed by atoms with Crippen LogP contribution >= 0.6 is 0 Å². The Morgan fingerprint density at radius 1 is 0.966 bits per heavy atom. The molecule has 0 aliphatic heterocycles. The molecule has 2 rings (SSSR count). The van der Waals surface area contributed by atoms with E-state index in [1.165, 1.54) is 34.5 Å². The zero-order valence-electron chi connectivity index (χ0n) is 16.6. The Kier molecular flexibility index (Phi) is 7.74. The van der Waals surface area contributed by atoms with Gasteiger partial charge in [-0.1, -0.05) is 6.07 Å². The van der Waals surface area contributed by atoms with E-state index < -0.39 is 0 Å². The number of carbonyl (C=O) groups excluding carboxylic acids is 1. The van der Waals surface area contributed by atoms with Gasteiger partial charge in [0.2, 0.25) is 11.7 Å². The molecule has 0 fully saturated rings. The summed E-state index contributed by atoms with van der Waals surface area (Å²) in [7, 11) is 6.01. The third-order valence-corrected chi connectivity index (χ3v) is 3.84. The summed E-state index contributed by atoms with van der Waals surface area (Å²) < 4.78 is 26.3. The predicted octanol–water partition coefficient (Wildman–Crippen LogP) is 3.28. The van der Waals surface area contributed by atoms with E-state index in [0.717, 1.165) is 5.56 Å². The monoisotopic (exact) mass is 398 g/mol. The van der Waals surface area contributed by atoms with E-state index in [1.807, 2.05) is 6.07 Å². The quantitative estimate of drug-likeness (QED) is 0.647. The highest BCUT2D eigenvalue weighted by Gasteiger charge is 2.14. The van der Waals surface area contributed by atoms with Gasteiger partial charge in [-0.2, -0.15) is 5.26 Å². The largest absolute Gasteiger partial charge is 0.493 e. The number of nitrogens with zero attached hydrogens (tertiary/aromatic N) is 1. The first-order chi connectivity index (χ1) is 14.1. The summed E-state index contributed by atoms with van der Waals surface area (Å²) in [6, 6.07) is 10.3. The van der Waals surface area contributed by atoms with E-state index in [1.54, 1.807) is 36.4 Å². The molecule has 0 spiro atoms. The number of ether oxygens (including phenoxy) is 5. The SMILES string of the molecule is COc1cc(/C=C/C(=O)Nc2cc(OC)c(OC)c(OC)c2)ccc1OCC#N. The summed E-state index contributed by atoms with van der Waals surface area (Å²) in [6.07, 6.45) is 3.01. The van der Waals surface area contributed by atoms with Gasteiger partial charge >= 0.3 is 0 Å². The van der Waals surface area contributed by atoms with Gasteiger partial charge in [0.25, 0.3) is 0 Å². The van der Waals surface area contributed by atoms with Gasteiger partial charge in [0.1, 0.15) is 6.07 Å². The molecule has 0 bridgehead atoms. The molecule has 0 aliphatic rings. The molecule has 0 saturated carbocycles. The third kappa shape index (κ3) is 5.56. The minimum Gasteiger partial charge on any atom is -0.493 e. The summed E-state index contributed by atoms with van der Waals surface area (Å²) in [5.41, 5.74) is 1.22. The van der Waals surface area contributed by atoms with Gasteiger partial charge in [0.05, 0.1) is 28.4 Å². The summed E-state index contributed by atoms with van der Waals surface area (Å²) >= 11 is 0. The molecule has 1 N–H and O–H groups in total. The number of anilines is 1. The highest BCUT2D eigenvalue weighted by Crippen LogP contribution is 2.39. The highest BCUT2D eigenvalue weighted by molar-refractivity contribution is 6.02. The molecule has 0 atom stereocenters. The fourth-order valence-corrected chi connectivity index (χ4v) is 2.53. The average Bonchev–Trinajstić information content (AvgIpc) is 2.75. The molecule has 29 heavy (non-hydrogen) atoms. The molecule has 152 valence electrons. The van der Waals surface area contributed by atoms with Gasteiger partial charge in [-0.3, -0.25) is 4.79 Å². The maximum absolute atomic E-state index is 12.3. The molecule has 2 aromatic carbocycles. The highest BCUT2D eigenvalue weighted by atomic mass is 16.5. The number of carbonyl (C=O) groups is 1. The first kappa shape index (κ1) is 21.4. The molecule has 0 heterocycles. The number of nitriles is 1. The van der Waals surface area contributed by atoms with E-state index in [2.05, 4.69) is 5.32 Å². The molecular formula is C21H22N2O6.